The fraction of sp³-hybridized carbons (Fsp3) is 0.405. The van der Waals surface area contributed by atoms with Crippen molar-refractivity contribution < 1.29 is 82.2 Å². The lowest BCUT2D eigenvalue weighted by Gasteiger charge is -2.43. The van der Waals surface area contributed by atoms with Crippen molar-refractivity contribution in [2.75, 3.05) is 105 Å². The number of carboxylic acid groups (broad SMARTS) is 1. The molecule has 0 radical (unpaired) electrons. The highest BCUT2D eigenvalue weighted by molar-refractivity contribution is 6.09. The van der Waals surface area contributed by atoms with Gasteiger partial charge in [0.25, 0.3) is 11.6 Å². The molecule has 0 spiro atoms. The van der Waals surface area contributed by atoms with Crippen molar-refractivity contribution in [2.45, 2.75) is 102 Å². The number of aliphatic hydroxyl groups excluding tert-OH is 3. The summed E-state index contributed by atoms with van der Waals surface area (Å²) < 4.78 is 44.6. The van der Waals surface area contributed by atoms with Crippen LogP contribution in [-0.4, -0.2) is 197 Å². The van der Waals surface area contributed by atoms with Gasteiger partial charge < -0.3 is 89.1 Å². The Hall–Kier alpha value is -11.2. The summed E-state index contributed by atoms with van der Waals surface area (Å²) in [5, 5.41) is 93.5. The number of unbranched alkanes of at least 4 members (excludes halogenated alkanes) is 3. The van der Waals surface area contributed by atoms with Gasteiger partial charge in [-0.2, -0.15) is 10.2 Å². The Balaban J connectivity index is 0.684. The molecule has 0 saturated carbocycles. The SMILES string of the molecule is COc1cc(N=Nc2ccc([N+](=O)[O-])cc2)c(OC)cc1N=Nc1ccc(N(C)CCCC(=O)NCc2cn(CCOCCOC(CC(=O)NCCCCCCNC(=O)c3ccc(-c4c5ccc(=[N+](C)C)cc-5oc5cc(N(C)C)ccc45)c(C(=O)[O-])c3)O[C@H]3O[C@H](CO)[C@H](O)[C@H](O)[C@H]3NC(C)=O)nn2)cc1. The number of nitro benzene ring substituents is 1. The maximum absolute atomic E-state index is 13.5. The molecule has 33 heteroatoms. The van der Waals surface area contributed by atoms with Crippen molar-refractivity contribution in [1.29, 1.82) is 0 Å². The van der Waals surface area contributed by atoms with Crippen molar-refractivity contribution in [3.63, 3.8) is 0 Å². The molecule has 1 fully saturated rings. The van der Waals surface area contributed by atoms with Gasteiger partial charge in [0.05, 0.1) is 94.7 Å². The number of carboxylic acids is 1. The highest BCUT2D eigenvalue weighted by Crippen LogP contribution is 2.44. The normalized spacial score (nSPS) is 16.0. The number of hydrogen-bond acceptors (Lipinski definition) is 26. The van der Waals surface area contributed by atoms with Crippen LogP contribution in [0.4, 0.5) is 39.8 Å². The zero-order valence-corrected chi connectivity index (χ0v) is 60.7. The van der Waals surface area contributed by atoms with E-state index in [1.54, 1.807) is 47.3 Å². The molecule has 1 unspecified atom stereocenters. The number of rotatable bonds is 38. The maximum Gasteiger partial charge on any atom is 0.269 e. The number of aromatic nitrogens is 3. The largest absolute Gasteiger partial charge is 0.545 e. The predicted molar refractivity (Wildman–Crippen MR) is 391 cm³/mol. The van der Waals surface area contributed by atoms with Crippen LogP contribution < -0.4 is 55.6 Å². The van der Waals surface area contributed by atoms with Crippen molar-refractivity contribution in [1.82, 2.24) is 40.8 Å². The molecule has 3 heterocycles. The minimum atomic E-state index is -1.62. The summed E-state index contributed by atoms with van der Waals surface area (Å²) in [7, 11) is 12.5. The number of nitrogens with zero attached hydrogens (tertiary/aromatic N) is 11. The number of ether oxygens (including phenoxy) is 6. The molecule has 9 rings (SSSR count). The van der Waals surface area contributed by atoms with Gasteiger partial charge in [-0.05, 0) is 91.6 Å². The first-order valence-electron chi connectivity index (χ1n) is 34.6. The number of fused-ring (bicyclic) bond motifs is 2. The number of amides is 4. The highest BCUT2D eigenvalue weighted by Gasteiger charge is 2.46. The standard InChI is InChI=1S/C74H89N15O18/c1-45(91)78-69-71(95)70(94)64(44-90)106-74(69)107-67(41-66(93)75-29-11-9-10-12-30-76-72(96)46-15-26-54(57(36-46)73(97)98)68-55-27-24-52(85(2)3)37-60(55)105-61-38-53(86(4)5)25-28-56(61)68)104-35-34-103-33-32-88-43-49(81-84-88)42-77-65(92)14-13-31-87(6)50-20-16-47(17-21-50)79-82-58-39-63(102-8)59(40-62(58)101-7)83-80-48-18-22-51(23-19-48)89(99)100/h15-28,36-40,43,64,67,69-71,74,90,94-95H,9-14,29-35,41-42,44H2,1-8H3,(H4-,75,76,77,78,91,92,93,96,97,98)/t64-,67?,69-,70+,71-,74-/m1/s1. The molecule has 568 valence electrons. The number of carbonyl (C=O) groups excluding carboxylic acids is 5. The maximum atomic E-state index is 13.5. The summed E-state index contributed by atoms with van der Waals surface area (Å²) in [6.07, 6.45) is -2.65. The molecule has 6 atom stereocenters. The molecule has 0 bridgehead atoms. The Morgan fingerprint density at radius 2 is 1.40 bits per heavy atom. The van der Waals surface area contributed by atoms with E-state index in [1.807, 2.05) is 98.1 Å². The Labute approximate surface area is 616 Å². The van der Waals surface area contributed by atoms with Gasteiger partial charge in [-0.25, -0.2) is 9.26 Å². The zero-order valence-electron chi connectivity index (χ0n) is 60.7. The summed E-state index contributed by atoms with van der Waals surface area (Å²) in [5.41, 5.74) is 6.17. The van der Waals surface area contributed by atoms with Crippen LogP contribution in [0.5, 0.6) is 11.5 Å². The molecular formula is C74H89N15O18. The van der Waals surface area contributed by atoms with Gasteiger partial charge in [0.1, 0.15) is 78.4 Å². The van der Waals surface area contributed by atoms with Crippen molar-refractivity contribution in [3.8, 4) is 33.9 Å². The van der Waals surface area contributed by atoms with E-state index in [0.29, 0.717) is 119 Å². The number of hydrogen-bond donors (Lipinski definition) is 7. The van der Waals surface area contributed by atoms with E-state index < -0.39 is 72.2 Å². The first kappa shape index (κ1) is 79.9. The number of azo groups is 2. The predicted octanol–water partition coefficient (Wildman–Crippen LogP) is 6.36. The number of methoxy groups -OCH3 is 2. The van der Waals surface area contributed by atoms with Crippen LogP contribution in [-0.2, 0) is 46.4 Å². The van der Waals surface area contributed by atoms with Crippen molar-refractivity contribution in [2.24, 2.45) is 20.5 Å². The first-order chi connectivity index (χ1) is 51.5. The lowest BCUT2D eigenvalue weighted by molar-refractivity contribution is -0.384. The molecule has 107 heavy (non-hydrogen) atoms. The third-order valence-corrected chi connectivity index (χ3v) is 17.4. The summed E-state index contributed by atoms with van der Waals surface area (Å²) in [6.45, 7) is 2.18. The van der Waals surface area contributed by atoms with E-state index >= 15 is 0 Å². The third-order valence-electron chi connectivity index (χ3n) is 17.4. The van der Waals surface area contributed by atoms with E-state index in [-0.39, 0.29) is 75.0 Å². The monoisotopic (exact) mass is 1480 g/mol. The second-order valence-electron chi connectivity index (χ2n) is 25.5. The molecule has 1 saturated heterocycles. The van der Waals surface area contributed by atoms with Gasteiger partial charge in [0.2, 0.25) is 23.1 Å². The molecule has 33 nitrogen and oxygen atoms in total. The van der Waals surface area contributed by atoms with Gasteiger partial charge in [0, 0.05) is 130 Å². The molecule has 3 aliphatic rings. The Morgan fingerprint density at radius 3 is 2.04 bits per heavy atom. The fourth-order valence-electron chi connectivity index (χ4n) is 11.6. The van der Waals surface area contributed by atoms with Crippen LogP contribution in [0.1, 0.15) is 78.3 Å². The average molecular weight is 1480 g/mol. The van der Waals surface area contributed by atoms with Gasteiger partial charge in [-0.3, -0.25) is 29.3 Å². The number of carbonyl (C=O) groups is 5. The van der Waals surface area contributed by atoms with Crippen LogP contribution in [0.25, 0.3) is 33.4 Å². The second kappa shape index (κ2) is 38.7. The number of aromatic carboxylic acids is 1. The minimum Gasteiger partial charge on any atom is -0.545 e. The number of aliphatic hydroxyl groups is 3. The van der Waals surface area contributed by atoms with E-state index in [9.17, 15) is 54.5 Å². The smallest absolute Gasteiger partial charge is 0.269 e. The lowest BCUT2D eigenvalue weighted by Crippen LogP contribution is -2.65. The lowest BCUT2D eigenvalue weighted by atomic mass is 9.89. The number of benzene rings is 6. The van der Waals surface area contributed by atoms with E-state index in [4.69, 9.17) is 32.8 Å². The Bertz CT molecular complexity index is 4490. The average Bonchev–Trinajstić information content (AvgIpc) is 1.17. The fourth-order valence-corrected chi connectivity index (χ4v) is 11.6. The Morgan fingerprint density at radius 1 is 0.738 bits per heavy atom. The van der Waals surface area contributed by atoms with Crippen LogP contribution in [0.3, 0.4) is 0 Å². The number of anilines is 2. The number of non-ortho nitro benzene ring substituents is 1. The quantitative estimate of drug-likeness (QED) is 0.00421. The Kier molecular flexibility index (Phi) is 28.9. The van der Waals surface area contributed by atoms with Crippen LogP contribution in [0.2, 0.25) is 0 Å². The van der Waals surface area contributed by atoms with E-state index in [0.717, 1.165) is 16.7 Å². The third kappa shape index (κ3) is 22.2. The van der Waals surface area contributed by atoms with Crippen molar-refractivity contribution >= 4 is 80.4 Å². The second-order valence-corrected chi connectivity index (χ2v) is 25.5. The summed E-state index contributed by atoms with van der Waals surface area (Å²) in [6, 6.07) is 30.9. The molecule has 5 aromatic carbocycles. The zero-order chi connectivity index (χ0) is 76.7. The molecule has 1 aromatic heterocycles. The van der Waals surface area contributed by atoms with Crippen LogP contribution in [0, 0.1) is 10.1 Å². The van der Waals surface area contributed by atoms with E-state index in [1.165, 1.54) is 51.5 Å². The summed E-state index contributed by atoms with van der Waals surface area (Å²) in [5.74, 6) is -1.86. The van der Waals surface area contributed by atoms with Gasteiger partial charge >= 0.3 is 0 Å². The summed E-state index contributed by atoms with van der Waals surface area (Å²) in [4.78, 5) is 79.3. The minimum absolute atomic E-state index is 0.0223. The molecule has 4 amide bonds. The molecule has 6 aromatic rings. The first-order valence-corrected chi connectivity index (χ1v) is 34.6. The topological polar surface area (TPSA) is 419 Å². The molecular weight excluding hydrogens is 1390 g/mol. The van der Waals surface area contributed by atoms with E-state index in [2.05, 4.69) is 52.0 Å². The van der Waals surface area contributed by atoms with Gasteiger partial charge in [-0.1, -0.05) is 24.1 Å². The number of nitrogens with one attached hydrogen (secondary N) is 4. The van der Waals surface area contributed by atoms with Gasteiger partial charge in [0.15, 0.2) is 12.6 Å². The van der Waals surface area contributed by atoms with Crippen molar-refractivity contribution in [3.05, 3.63) is 154 Å². The summed E-state index contributed by atoms with van der Waals surface area (Å²) >= 11 is 0. The highest BCUT2D eigenvalue weighted by atomic mass is 16.8. The van der Waals surface area contributed by atoms with Crippen LogP contribution >= 0.6 is 0 Å². The molecule has 1 aliphatic carbocycles. The van der Waals surface area contributed by atoms with Gasteiger partial charge in [-0.15, -0.1) is 15.3 Å². The molecule has 7 N–H and O–H groups in total. The number of nitro groups is 1. The van der Waals surface area contributed by atoms with Crippen LogP contribution in [0.15, 0.2) is 146 Å². The molecule has 2 aliphatic heterocycles.